The second kappa shape index (κ2) is 5.93. The van der Waals surface area contributed by atoms with Gasteiger partial charge in [0.2, 0.25) is 11.7 Å². The quantitative estimate of drug-likeness (QED) is 0.932. The number of nitrogens with zero attached hydrogens (tertiary/aromatic N) is 2. The summed E-state index contributed by atoms with van der Waals surface area (Å²) in [6.07, 6.45) is 0. The average molecular weight is 272 g/mol. The largest absolute Gasteiger partial charge is 0.337 e. The summed E-state index contributed by atoms with van der Waals surface area (Å²) in [7, 11) is 0. The van der Waals surface area contributed by atoms with E-state index >= 15 is 0 Å². The lowest BCUT2D eigenvalue weighted by Gasteiger charge is -2.09. The molecule has 0 saturated carbocycles. The van der Waals surface area contributed by atoms with Gasteiger partial charge < -0.3 is 10.3 Å². The van der Waals surface area contributed by atoms with Crippen LogP contribution >= 0.6 is 12.4 Å². The van der Waals surface area contributed by atoms with Crippen LogP contribution < -0.4 is 5.73 Å². The van der Waals surface area contributed by atoms with E-state index in [2.05, 4.69) is 10.1 Å². The monoisotopic (exact) mass is 271 g/mol. The van der Waals surface area contributed by atoms with Crippen LogP contribution in [0, 0.1) is 11.7 Å². The highest BCUT2D eigenvalue weighted by molar-refractivity contribution is 5.85. The van der Waals surface area contributed by atoms with Gasteiger partial charge in [0.15, 0.2) is 0 Å². The molecular weight excluding hydrogens is 257 g/mol. The van der Waals surface area contributed by atoms with Crippen LogP contribution in [-0.2, 0) is 0 Å². The molecule has 2 rings (SSSR count). The van der Waals surface area contributed by atoms with E-state index in [1.165, 1.54) is 6.07 Å². The molecule has 0 bridgehead atoms. The minimum Gasteiger partial charge on any atom is -0.337 e. The standard InChI is InChI=1S/C12H14FN3O.ClH/c1-7(2)10(14)12-15-11(16-17-12)8-5-3-4-6-9(8)13;/h3-7,10H,14H2,1-2H3;1H. The van der Waals surface area contributed by atoms with Gasteiger partial charge in [0.05, 0.1) is 11.6 Å². The zero-order valence-electron chi connectivity index (χ0n) is 10.1. The van der Waals surface area contributed by atoms with Crippen molar-refractivity contribution in [2.45, 2.75) is 19.9 Å². The summed E-state index contributed by atoms with van der Waals surface area (Å²) in [6.45, 7) is 3.91. The first kappa shape index (κ1) is 14.6. The Balaban J connectivity index is 0.00000162. The third-order valence-electron chi connectivity index (χ3n) is 2.56. The maximum absolute atomic E-state index is 13.5. The van der Waals surface area contributed by atoms with Crippen LogP contribution in [0.5, 0.6) is 0 Å². The maximum atomic E-state index is 13.5. The molecule has 0 radical (unpaired) electrons. The van der Waals surface area contributed by atoms with Crippen molar-refractivity contribution in [3.63, 3.8) is 0 Å². The molecule has 18 heavy (non-hydrogen) atoms. The highest BCUT2D eigenvalue weighted by Gasteiger charge is 2.19. The topological polar surface area (TPSA) is 64.9 Å². The van der Waals surface area contributed by atoms with Crippen molar-refractivity contribution in [3.8, 4) is 11.4 Å². The van der Waals surface area contributed by atoms with E-state index in [9.17, 15) is 4.39 Å². The van der Waals surface area contributed by atoms with Crippen molar-refractivity contribution in [1.82, 2.24) is 10.1 Å². The van der Waals surface area contributed by atoms with Crippen molar-refractivity contribution in [2.24, 2.45) is 11.7 Å². The van der Waals surface area contributed by atoms with E-state index < -0.39 is 0 Å². The lowest BCUT2D eigenvalue weighted by Crippen LogP contribution is -2.16. The van der Waals surface area contributed by atoms with Crippen molar-refractivity contribution in [3.05, 3.63) is 36.0 Å². The zero-order valence-corrected chi connectivity index (χ0v) is 10.9. The normalized spacial score (nSPS) is 12.3. The van der Waals surface area contributed by atoms with E-state index in [4.69, 9.17) is 10.3 Å². The molecule has 98 valence electrons. The number of nitrogens with two attached hydrogens (primary N) is 1. The summed E-state index contributed by atoms with van der Waals surface area (Å²) in [5.74, 6) is 0.370. The SMILES string of the molecule is CC(C)C(N)c1nc(-c2ccccc2F)no1.Cl. The fraction of sp³-hybridized carbons (Fsp3) is 0.333. The molecule has 1 unspecified atom stereocenters. The summed E-state index contributed by atoms with van der Waals surface area (Å²) in [6, 6.07) is 5.96. The molecule has 1 atom stereocenters. The Kier molecular flexibility index (Phi) is 4.81. The van der Waals surface area contributed by atoms with Crippen LogP contribution in [0.1, 0.15) is 25.8 Å². The fourth-order valence-corrected chi connectivity index (χ4v) is 1.41. The highest BCUT2D eigenvalue weighted by atomic mass is 35.5. The molecule has 2 aromatic rings. The molecule has 0 aliphatic rings. The van der Waals surface area contributed by atoms with Gasteiger partial charge in [-0.2, -0.15) is 4.98 Å². The molecular formula is C12H15ClFN3O. The Morgan fingerprint density at radius 2 is 1.94 bits per heavy atom. The predicted octanol–water partition coefficient (Wildman–Crippen LogP) is 2.95. The van der Waals surface area contributed by atoms with Gasteiger partial charge in [-0.3, -0.25) is 0 Å². The van der Waals surface area contributed by atoms with E-state index in [1.807, 2.05) is 13.8 Å². The zero-order chi connectivity index (χ0) is 12.4. The lowest BCUT2D eigenvalue weighted by molar-refractivity contribution is 0.325. The van der Waals surface area contributed by atoms with Gasteiger partial charge >= 0.3 is 0 Å². The molecule has 6 heteroatoms. The first-order valence-corrected chi connectivity index (χ1v) is 5.43. The molecule has 0 aliphatic carbocycles. The number of aromatic nitrogens is 2. The summed E-state index contributed by atoms with van der Waals surface area (Å²) in [5.41, 5.74) is 6.20. The van der Waals surface area contributed by atoms with Gasteiger partial charge in [0.1, 0.15) is 5.82 Å². The lowest BCUT2D eigenvalue weighted by atomic mass is 10.1. The molecule has 0 saturated heterocycles. The van der Waals surface area contributed by atoms with E-state index in [0.29, 0.717) is 11.5 Å². The second-order valence-electron chi connectivity index (χ2n) is 4.21. The Morgan fingerprint density at radius 1 is 1.28 bits per heavy atom. The van der Waals surface area contributed by atoms with Gasteiger partial charge in [-0.25, -0.2) is 4.39 Å². The Hall–Kier alpha value is -1.46. The molecule has 0 fully saturated rings. The molecule has 0 amide bonds. The summed E-state index contributed by atoms with van der Waals surface area (Å²) >= 11 is 0. The third-order valence-corrected chi connectivity index (χ3v) is 2.56. The minimum absolute atomic E-state index is 0. The van der Waals surface area contributed by atoms with Crippen LogP contribution in [0.4, 0.5) is 4.39 Å². The first-order chi connectivity index (χ1) is 8.09. The van der Waals surface area contributed by atoms with Gasteiger partial charge in [-0.1, -0.05) is 31.1 Å². The summed E-state index contributed by atoms with van der Waals surface area (Å²) in [4.78, 5) is 4.12. The number of halogens is 2. The summed E-state index contributed by atoms with van der Waals surface area (Å²) < 4.78 is 18.5. The van der Waals surface area contributed by atoms with Crippen LogP contribution in [-0.4, -0.2) is 10.1 Å². The maximum Gasteiger partial charge on any atom is 0.244 e. The van der Waals surface area contributed by atoms with Crippen molar-refractivity contribution in [1.29, 1.82) is 0 Å². The number of hydrogen-bond donors (Lipinski definition) is 1. The molecule has 2 N–H and O–H groups in total. The molecule has 0 spiro atoms. The van der Waals surface area contributed by atoms with E-state index in [0.717, 1.165) is 0 Å². The second-order valence-corrected chi connectivity index (χ2v) is 4.21. The first-order valence-electron chi connectivity index (χ1n) is 5.43. The smallest absolute Gasteiger partial charge is 0.244 e. The molecule has 1 aromatic heterocycles. The molecule has 1 aromatic carbocycles. The number of rotatable bonds is 3. The minimum atomic E-state index is -0.377. The Bertz CT molecular complexity index is 516. The molecule has 4 nitrogen and oxygen atoms in total. The Morgan fingerprint density at radius 3 is 2.56 bits per heavy atom. The molecule has 1 heterocycles. The predicted molar refractivity (Wildman–Crippen MR) is 68.7 cm³/mol. The van der Waals surface area contributed by atoms with Gasteiger partial charge in [-0.15, -0.1) is 12.4 Å². The highest BCUT2D eigenvalue weighted by Crippen LogP contribution is 2.23. The van der Waals surface area contributed by atoms with Crippen molar-refractivity contribution >= 4 is 12.4 Å². The van der Waals surface area contributed by atoms with Crippen LogP contribution in [0.25, 0.3) is 11.4 Å². The van der Waals surface area contributed by atoms with Gasteiger partial charge in [0.25, 0.3) is 0 Å². The average Bonchev–Trinajstić information content (AvgIpc) is 2.77. The van der Waals surface area contributed by atoms with E-state index in [-0.39, 0.29) is 36.0 Å². The Labute approximate surface area is 111 Å². The molecule has 0 aliphatic heterocycles. The van der Waals surface area contributed by atoms with Crippen LogP contribution in [0.2, 0.25) is 0 Å². The van der Waals surface area contributed by atoms with Gasteiger partial charge in [0, 0.05) is 0 Å². The number of benzene rings is 1. The van der Waals surface area contributed by atoms with Crippen molar-refractivity contribution in [2.75, 3.05) is 0 Å². The van der Waals surface area contributed by atoms with E-state index in [1.54, 1.807) is 18.2 Å². The summed E-state index contributed by atoms with van der Waals surface area (Å²) in [5, 5.41) is 3.74. The van der Waals surface area contributed by atoms with Crippen LogP contribution in [0.15, 0.2) is 28.8 Å². The van der Waals surface area contributed by atoms with Crippen molar-refractivity contribution < 1.29 is 8.91 Å². The van der Waals surface area contributed by atoms with Crippen LogP contribution in [0.3, 0.4) is 0 Å². The third kappa shape index (κ3) is 2.86. The van der Waals surface area contributed by atoms with Gasteiger partial charge in [-0.05, 0) is 18.1 Å². The number of hydrogen-bond acceptors (Lipinski definition) is 4. The fourth-order valence-electron chi connectivity index (χ4n) is 1.41.